The Hall–Kier alpha value is -1.44. The maximum absolute atomic E-state index is 12.5. The van der Waals surface area contributed by atoms with E-state index in [0.717, 1.165) is 30.0 Å². The van der Waals surface area contributed by atoms with E-state index in [1.807, 2.05) is 0 Å². The smallest absolute Gasteiger partial charge is 0.243 e. The number of carbonyl (C=O) groups is 1. The number of fused-ring (bicyclic) bond motifs is 2. The third kappa shape index (κ3) is 4.04. The fourth-order valence-corrected chi connectivity index (χ4v) is 5.46. The fourth-order valence-electron chi connectivity index (χ4n) is 4.32. The molecule has 2 aliphatic carbocycles. The van der Waals surface area contributed by atoms with Gasteiger partial charge in [-0.15, -0.1) is 0 Å². The van der Waals surface area contributed by atoms with Gasteiger partial charge in [0.2, 0.25) is 15.9 Å². The number of amides is 1. The Morgan fingerprint density at radius 3 is 2.40 bits per heavy atom. The SMILES string of the molecule is CN(CC(=O)NC1C2CCCC1CC(N)C2)S(=O)(=O)c1ccccc1. The summed E-state index contributed by atoms with van der Waals surface area (Å²) in [5, 5.41) is 3.10. The second kappa shape index (κ2) is 7.43. The standard InChI is InChI=1S/C18H27N3O3S/c1-21(25(23,24)16-8-3-2-4-9-16)12-17(22)20-18-13-6-5-7-14(18)11-15(19)10-13/h2-4,8-9,13-15,18H,5-7,10-12,19H2,1H3,(H,20,22). The van der Waals surface area contributed by atoms with E-state index < -0.39 is 10.0 Å². The average Bonchev–Trinajstić information content (AvgIpc) is 2.56. The quantitative estimate of drug-likeness (QED) is 0.823. The van der Waals surface area contributed by atoms with Gasteiger partial charge in [0.25, 0.3) is 0 Å². The van der Waals surface area contributed by atoms with Gasteiger partial charge in [-0.1, -0.05) is 24.6 Å². The van der Waals surface area contributed by atoms with Gasteiger partial charge in [0.15, 0.2) is 0 Å². The zero-order valence-corrected chi connectivity index (χ0v) is 15.4. The van der Waals surface area contributed by atoms with Crippen LogP contribution in [0.25, 0.3) is 0 Å². The van der Waals surface area contributed by atoms with Crippen molar-refractivity contribution in [1.29, 1.82) is 0 Å². The molecule has 2 bridgehead atoms. The van der Waals surface area contributed by atoms with E-state index in [1.165, 1.54) is 25.6 Å². The van der Waals surface area contributed by atoms with E-state index in [-0.39, 0.29) is 29.4 Å². The van der Waals surface area contributed by atoms with E-state index >= 15 is 0 Å². The van der Waals surface area contributed by atoms with E-state index in [2.05, 4.69) is 5.32 Å². The molecule has 7 heteroatoms. The third-order valence-electron chi connectivity index (χ3n) is 5.52. The van der Waals surface area contributed by atoms with E-state index in [1.54, 1.807) is 18.2 Å². The summed E-state index contributed by atoms with van der Waals surface area (Å²) in [5.74, 6) is 0.601. The molecule has 1 aromatic carbocycles. The molecule has 0 heterocycles. The third-order valence-corrected chi connectivity index (χ3v) is 7.34. The highest BCUT2D eigenvalue weighted by Crippen LogP contribution is 2.39. The molecule has 3 rings (SSSR count). The first kappa shape index (κ1) is 18.4. The Bertz CT molecular complexity index is 694. The second-order valence-electron chi connectivity index (χ2n) is 7.35. The molecule has 0 spiro atoms. The van der Waals surface area contributed by atoms with E-state index in [0.29, 0.717) is 11.8 Å². The van der Waals surface area contributed by atoms with E-state index in [9.17, 15) is 13.2 Å². The molecule has 0 radical (unpaired) electrons. The number of likely N-dealkylation sites (N-methyl/N-ethyl adjacent to an activating group) is 1. The maximum atomic E-state index is 12.5. The van der Waals surface area contributed by atoms with Gasteiger partial charge in [0, 0.05) is 19.1 Å². The molecule has 25 heavy (non-hydrogen) atoms. The average molecular weight is 365 g/mol. The number of sulfonamides is 1. The summed E-state index contributed by atoms with van der Waals surface area (Å²) in [5.41, 5.74) is 6.12. The molecule has 3 N–H and O–H groups in total. The number of nitrogens with zero attached hydrogens (tertiary/aromatic N) is 1. The Morgan fingerprint density at radius 1 is 1.20 bits per heavy atom. The topological polar surface area (TPSA) is 92.5 Å². The first-order valence-electron chi connectivity index (χ1n) is 8.94. The monoisotopic (exact) mass is 365 g/mol. The van der Waals surface area contributed by atoms with Crippen LogP contribution < -0.4 is 11.1 Å². The van der Waals surface area contributed by atoms with Crippen molar-refractivity contribution in [3.8, 4) is 0 Å². The number of hydrogen-bond donors (Lipinski definition) is 2. The lowest BCUT2D eigenvalue weighted by molar-refractivity contribution is -0.123. The molecule has 0 aliphatic heterocycles. The van der Waals surface area contributed by atoms with Crippen LogP contribution in [0.15, 0.2) is 35.2 Å². The molecule has 2 fully saturated rings. The van der Waals surface area contributed by atoms with Crippen molar-refractivity contribution in [1.82, 2.24) is 9.62 Å². The summed E-state index contributed by atoms with van der Waals surface area (Å²) in [6.07, 6.45) is 5.26. The Labute approximate surface area is 149 Å². The molecule has 2 unspecified atom stereocenters. The highest BCUT2D eigenvalue weighted by atomic mass is 32.2. The zero-order valence-electron chi connectivity index (χ0n) is 14.6. The van der Waals surface area contributed by atoms with Crippen molar-refractivity contribution in [2.75, 3.05) is 13.6 Å². The molecular formula is C18H27N3O3S. The second-order valence-corrected chi connectivity index (χ2v) is 9.39. The summed E-state index contributed by atoms with van der Waals surface area (Å²) < 4.78 is 26.2. The number of carbonyl (C=O) groups excluding carboxylic acids is 1. The van der Waals surface area contributed by atoms with Crippen LogP contribution in [0, 0.1) is 11.8 Å². The van der Waals surface area contributed by atoms with Crippen LogP contribution >= 0.6 is 0 Å². The minimum atomic E-state index is -3.65. The van der Waals surface area contributed by atoms with Gasteiger partial charge in [0.1, 0.15) is 0 Å². The van der Waals surface area contributed by atoms with Gasteiger partial charge in [0.05, 0.1) is 11.4 Å². The lowest BCUT2D eigenvalue weighted by atomic mass is 9.67. The van der Waals surface area contributed by atoms with Gasteiger partial charge < -0.3 is 11.1 Å². The highest BCUT2D eigenvalue weighted by Gasteiger charge is 2.40. The molecule has 1 amide bonds. The molecule has 0 saturated heterocycles. The van der Waals surface area contributed by atoms with Crippen LogP contribution in [0.4, 0.5) is 0 Å². The lowest BCUT2D eigenvalue weighted by Crippen LogP contribution is -2.55. The summed E-state index contributed by atoms with van der Waals surface area (Å²) in [6, 6.07) is 8.55. The Morgan fingerprint density at radius 2 is 1.80 bits per heavy atom. The largest absolute Gasteiger partial charge is 0.352 e. The number of benzene rings is 1. The predicted octanol–water partition coefficient (Wildman–Crippen LogP) is 1.33. The molecule has 2 aliphatic rings. The van der Waals surface area contributed by atoms with Crippen LogP contribution in [0.3, 0.4) is 0 Å². The molecule has 2 saturated carbocycles. The summed E-state index contributed by atoms with van der Waals surface area (Å²) in [7, 11) is -2.21. The molecule has 0 aromatic heterocycles. The molecular weight excluding hydrogens is 338 g/mol. The molecule has 1 aromatic rings. The molecule has 138 valence electrons. The van der Waals surface area contributed by atoms with Crippen LogP contribution in [0.1, 0.15) is 32.1 Å². The normalized spacial score (nSPS) is 29.4. The fraction of sp³-hybridized carbons (Fsp3) is 0.611. The van der Waals surface area contributed by atoms with Crippen molar-refractivity contribution >= 4 is 15.9 Å². The Kier molecular flexibility index (Phi) is 5.46. The van der Waals surface area contributed by atoms with Gasteiger partial charge in [-0.25, -0.2) is 8.42 Å². The van der Waals surface area contributed by atoms with Crippen molar-refractivity contribution in [3.63, 3.8) is 0 Å². The van der Waals surface area contributed by atoms with Crippen LogP contribution in [0.5, 0.6) is 0 Å². The summed E-state index contributed by atoms with van der Waals surface area (Å²) >= 11 is 0. The van der Waals surface area contributed by atoms with Gasteiger partial charge >= 0.3 is 0 Å². The van der Waals surface area contributed by atoms with Crippen molar-refractivity contribution in [2.24, 2.45) is 17.6 Å². The van der Waals surface area contributed by atoms with Crippen molar-refractivity contribution < 1.29 is 13.2 Å². The van der Waals surface area contributed by atoms with Gasteiger partial charge in [-0.3, -0.25) is 4.79 Å². The number of hydrogen-bond acceptors (Lipinski definition) is 4. The number of rotatable bonds is 5. The molecule has 2 atom stereocenters. The Balaban J connectivity index is 1.63. The number of nitrogens with two attached hydrogens (primary N) is 1. The van der Waals surface area contributed by atoms with Gasteiger partial charge in [-0.2, -0.15) is 4.31 Å². The van der Waals surface area contributed by atoms with Crippen LogP contribution in [0.2, 0.25) is 0 Å². The van der Waals surface area contributed by atoms with Crippen molar-refractivity contribution in [3.05, 3.63) is 30.3 Å². The lowest BCUT2D eigenvalue weighted by Gasteiger charge is -2.45. The summed E-state index contributed by atoms with van der Waals surface area (Å²) in [4.78, 5) is 12.7. The number of nitrogens with one attached hydrogen (secondary N) is 1. The van der Waals surface area contributed by atoms with Crippen LogP contribution in [-0.2, 0) is 14.8 Å². The maximum Gasteiger partial charge on any atom is 0.243 e. The summed E-state index contributed by atoms with van der Waals surface area (Å²) in [6.45, 7) is -0.167. The minimum Gasteiger partial charge on any atom is -0.352 e. The minimum absolute atomic E-state index is 0.133. The first-order chi connectivity index (χ1) is 11.9. The van der Waals surface area contributed by atoms with E-state index in [4.69, 9.17) is 5.73 Å². The zero-order chi connectivity index (χ0) is 18.0. The van der Waals surface area contributed by atoms with Gasteiger partial charge in [-0.05, 0) is 49.7 Å². The molecule has 6 nitrogen and oxygen atoms in total. The van der Waals surface area contributed by atoms with Crippen LogP contribution in [-0.4, -0.2) is 44.3 Å². The first-order valence-corrected chi connectivity index (χ1v) is 10.4. The predicted molar refractivity (Wildman–Crippen MR) is 96.2 cm³/mol. The highest BCUT2D eigenvalue weighted by molar-refractivity contribution is 7.89. The van der Waals surface area contributed by atoms with Crippen molar-refractivity contribution in [2.45, 2.75) is 49.1 Å².